The maximum absolute atomic E-state index is 12.6. The Morgan fingerprint density at radius 1 is 1.33 bits per heavy atom. The zero-order chi connectivity index (χ0) is 16.9. The third-order valence-corrected chi connectivity index (χ3v) is 4.29. The summed E-state index contributed by atoms with van der Waals surface area (Å²) in [5, 5.41) is 0.485. The molecule has 0 radical (unpaired) electrons. The molecular formula is C19H19NO4. The molecule has 0 N–H and O–H groups in total. The van der Waals surface area contributed by atoms with E-state index in [9.17, 15) is 9.59 Å². The number of amides is 1. The molecular weight excluding hydrogens is 306 g/mol. The fraction of sp³-hybridized carbons (Fsp3) is 0.368. The van der Waals surface area contributed by atoms with Crippen LogP contribution in [0.4, 0.5) is 0 Å². The number of hydrogen-bond acceptors (Lipinski definition) is 4. The van der Waals surface area contributed by atoms with Crippen LogP contribution in [0.25, 0.3) is 11.0 Å². The molecule has 2 aromatic rings. The van der Waals surface area contributed by atoms with Crippen molar-refractivity contribution in [3.63, 3.8) is 0 Å². The van der Waals surface area contributed by atoms with Crippen molar-refractivity contribution in [3.05, 3.63) is 46.3 Å². The van der Waals surface area contributed by atoms with Gasteiger partial charge in [0.05, 0.1) is 12.0 Å². The highest BCUT2D eigenvalue weighted by atomic mass is 16.5. The van der Waals surface area contributed by atoms with Gasteiger partial charge >= 0.3 is 0 Å². The number of carbonyl (C=O) groups excluding carboxylic acids is 1. The van der Waals surface area contributed by atoms with Crippen molar-refractivity contribution in [2.45, 2.75) is 12.8 Å². The molecule has 1 aromatic carbocycles. The van der Waals surface area contributed by atoms with Crippen molar-refractivity contribution in [2.75, 3.05) is 26.3 Å². The van der Waals surface area contributed by atoms with Crippen molar-refractivity contribution in [2.24, 2.45) is 5.92 Å². The zero-order valence-corrected chi connectivity index (χ0v) is 13.4. The highest BCUT2D eigenvalue weighted by Crippen LogP contribution is 2.20. The number of rotatable bonds is 4. The van der Waals surface area contributed by atoms with E-state index in [0.29, 0.717) is 43.2 Å². The number of terminal acetylenes is 1. The van der Waals surface area contributed by atoms with Gasteiger partial charge in [0.2, 0.25) is 0 Å². The molecule has 0 unspecified atom stereocenters. The average Bonchev–Trinajstić information content (AvgIpc) is 2.62. The van der Waals surface area contributed by atoms with Gasteiger partial charge in [-0.05, 0) is 30.9 Å². The van der Waals surface area contributed by atoms with Crippen LogP contribution < -0.4 is 5.43 Å². The quantitative estimate of drug-likeness (QED) is 0.639. The van der Waals surface area contributed by atoms with Gasteiger partial charge in [-0.25, -0.2) is 0 Å². The molecule has 0 aliphatic carbocycles. The molecule has 1 fully saturated rings. The standard InChI is InChI=1S/C19H19NO4/c1-2-11-23-13-14-7-9-20(10-8-14)19(22)18-12-16(21)15-5-3-4-6-17(15)24-18/h1,3-6,12,14H,7-11,13H2. The number of fused-ring (bicyclic) bond motifs is 1. The number of likely N-dealkylation sites (tertiary alicyclic amines) is 1. The van der Waals surface area contributed by atoms with Crippen LogP contribution in [0.2, 0.25) is 0 Å². The molecule has 1 aliphatic rings. The molecule has 5 nitrogen and oxygen atoms in total. The summed E-state index contributed by atoms with van der Waals surface area (Å²) in [6.45, 7) is 2.19. The summed E-state index contributed by atoms with van der Waals surface area (Å²) < 4.78 is 11.0. The van der Waals surface area contributed by atoms with Gasteiger partial charge in [0, 0.05) is 19.2 Å². The molecule has 1 aliphatic heterocycles. The highest BCUT2D eigenvalue weighted by Gasteiger charge is 2.25. The van der Waals surface area contributed by atoms with Gasteiger partial charge in [-0.15, -0.1) is 6.42 Å². The second kappa shape index (κ2) is 7.33. The van der Waals surface area contributed by atoms with E-state index in [4.69, 9.17) is 15.6 Å². The lowest BCUT2D eigenvalue weighted by atomic mass is 9.97. The zero-order valence-electron chi connectivity index (χ0n) is 13.4. The number of piperidine rings is 1. The maximum atomic E-state index is 12.6. The third kappa shape index (κ3) is 3.50. The molecule has 0 spiro atoms. The van der Waals surface area contributed by atoms with E-state index in [0.717, 1.165) is 12.8 Å². The van der Waals surface area contributed by atoms with Crippen LogP contribution in [0.3, 0.4) is 0 Å². The number of carbonyl (C=O) groups is 1. The Balaban J connectivity index is 1.68. The van der Waals surface area contributed by atoms with Crippen molar-refractivity contribution < 1.29 is 13.9 Å². The van der Waals surface area contributed by atoms with E-state index < -0.39 is 0 Å². The number of nitrogens with zero attached hydrogens (tertiary/aromatic N) is 1. The van der Waals surface area contributed by atoms with Crippen molar-refractivity contribution in [3.8, 4) is 12.3 Å². The van der Waals surface area contributed by atoms with Gasteiger partial charge in [0.1, 0.15) is 12.2 Å². The normalized spacial score (nSPS) is 15.4. The van der Waals surface area contributed by atoms with Gasteiger partial charge in [-0.1, -0.05) is 18.1 Å². The number of hydrogen-bond donors (Lipinski definition) is 0. The summed E-state index contributed by atoms with van der Waals surface area (Å²) in [7, 11) is 0. The van der Waals surface area contributed by atoms with Gasteiger partial charge < -0.3 is 14.1 Å². The topological polar surface area (TPSA) is 59.8 Å². The Labute approximate surface area is 140 Å². The molecule has 1 aromatic heterocycles. The third-order valence-electron chi connectivity index (χ3n) is 4.29. The Bertz CT molecular complexity index is 825. The van der Waals surface area contributed by atoms with Gasteiger partial charge in [0.15, 0.2) is 11.2 Å². The first kappa shape index (κ1) is 16.3. The minimum Gasteiger partial charge on any atom is -0.451 e. The van der Waals surface area contributed by atoms with E-state index in [1.807, 2.05) is 0 Å². The molecule has 0 bridgehead atoms. The molecule has 0 atom stereocenters. The first-order valence-corrected chi connectivity index (χ1v) is 8.02. The van der Waals surface area contributed by atoms with Crippen LogP contribution in [0.5, 0.6) is 0 Å². The van der Waals surface area contributed by atoms with Gasteiger partial charge in [0.25, 0.3) is 5.91 Å². The fourth-order valence-electron chi connectivity index (χ4n) is 2.95. The Morgan fingerprint density at radius 2 is 2.08 bits per heavy atom. The molecule has 2 heterocycles. The average molecular weight is 325 g/mol. The van der Waals surface area contributed by atoms with Crippen LogP contribution in [-0.2, 0) is 4.74 Å². The number of benzene rings is 1. The molecule has 1 saturated heterocycles. The lowest BCUT2D eigenvalue weighted by Crippen LogP contribution is -2.39. The first-order valence-electron chi connectivity index (χ1n) is 8.02. The number of ether oxygens (including phenoxy) is 1. The largest absolute Gasteiger partial charge is 0.451 e. The predicted octanol–water partition coefficient (Wildman–Crippen LogP) is 2.29. The first-order chi connectivity index (χ1) is 11.7. The second-order valence-corrected chi connectivity index (χ2v) is 5.93. The highest BCUT2D eigenvalue weighted by molar-refractivity contribution is 5.93. The maximum Gasteiger partial charge on any atom is 0.289 e. The van der Waals surface area contributed by atoms with Crippen molar-refractivity contribution in [1.29, 1.82) is 0 Å². The van der Waals surface area contributed by atoms with Crippen LogP contribution in [-0.4, -0.2) is 37.1 Å². The molecule has 0 saturated carbocycles. The van der Waals surface area contributed by atoms with E-state index >= 15 is 0 Å². The summed E-state index contributed by atoms with van der Waals surface area (Å²) in [4.78, 5) is 26.4. The van der Waals surface area contributed by atoms with Gasteiger partial charge in [-0.3, -0.25) is 9.59 Å². The summed E-state index contributed by atoms with van der Waals surface area (Å²) in [5.41, 5.74) is 0.240. The Hall–Kier alpha value is -2.58. The monoisotopic (exact) mass is 325 g/mol. The summed E-state index contributed by atoms with van der Waals surface area (Å²) >= 11 is 0. The minimum absolute atomic E-state index is 0.0979. The summed E-state index contributed by atoms with van der Waals surface area (Å²) in [6, 6.07) is 8.22. The van der Waals surface area contributed by atoms with Crippen LogP contribution in [0.15, 0.2) is 39.5 Å². The second-order valence-electron chi connectivity index (χ2n) is 5.93. The van der Waals surface area contributed by atoms with Crippen molar-refractivity contribution in [1.82, 2.24) is 4.90 Å². The molecule has 3 rings (SSSR count). The minimum atomic E-state index is -0.235. The van der Waals surface area contributed by atoms with E-state index in [1.54, 1.807) is 29.2 Å². The predicted molar refractivity (Wildman–Crippen MR) is 90.8 cm³/mol. The fourth-order valence-corrected chi connectivity index (χ4v) is 2.95. The molecule has 24 heavy (non-hydrogen) atoms. The number of para-hydroxylation sites is 1. The molecule has 1 amide bonds. The molecule has 124 valence electrons. The molecule has 5 heteroatoms. The lowest BCUT2D eigenvalue weighted by Gasteiger charge is -2.31. The summed E-state index contributed by atoms with van der Waals surface area (Å²) in [6.07, 6.45) is 6.87. The lowest BCUT2D eigenvalue weighted by molar-refractivity contribution is 0.0556. The van der Waals surface area contributed by atoms with Gasteiger partial charge in [-0.2, -0.15) is 0 Å². The van der Waals surface area contributed by atoms with Crippen LogP contribution in [0.1, 0.15) is 23.4 Å². The van der Waals surface area contributed by atoms with E-state index in [2.05, 4.69) is 5.92 Å². The van der Waals surface area contributed by atoms with Crippen molar-refractivity contribution >= 4 is 16.9 Å². The summed E-state index contributed by atoms with van der Waals surface area (Å²) in [5.74, 6) is 2.72. The van der Waals surface area contributed by atoms with E-state index in [1.165, 1.54) is 6.07 Å². The van der Waals surface area contributed by atoms with Crippen LogP contribution >= 0.6 is 0 Å². The smallest absolute Gasteiger partial charge is 0.289 e. The van der Waals surface area contributed by atoms with Crippen LogP contribution in [0, 0.1) is 18.3 Å². The SMILES string of the molecule is C#CCOCC1CCN(C(=O)c2cc(=O)c3ccccc3o2)CC1. The Kier molecular flexibility index (Phi) is 4.97. The Morgan fingerprint density at radius 3 is 2.83 bits per heavy atom. The van der Waals surface area contributed by atoms with E-state index in [-0.39, 0.29) is 17.1 Å².